The van der Waals surface area contributed by atoms with Gasteiger partial charge >= 0.3 is 0 Å². The number of nitrogens with zero attached hydrogens (tertiary/aromatic N) is 1. The number of nitrogens with one attached hydrogen (secondary N) is 2. The number of aryl methyl sites for hydroxylation is 2. The lowest BCUT2D eigenvalue weighted by atomic mass is 9.99. The second-order valence-electron chi connectivity index (χ2n) is 10.3. The van der Waals surface area contributed by atoms with Crippen LogP contribution >= 0.6 is 0 Å². The van der Waals surface area contributed by atoms with Gasteiger partial charge < -0.3 is 9.74 Å². The molecule has 0 fully saturated rings. The first-order valence-corrected chi connectivity index (χ1v) is 15.1. The second-order valence-corrected chi connectivity index (χ2v) is 12.0. The van der Waals surface area contributed by atoms with Crippen LogP contribution in [-0.2, 0) is 32.5 Å². The van der Waals surface area contributed by atoms with Crippen LogP contribution in [0.5, 0.6) is 5.75 Å². The van der Waals surface area contributed by atoms with Gasteiger partial charge in [0.15, 0.2) is 5.75 Å². The number of hydrogen-bond donors (Lipinski definition) is 2. The van der Waals surface area contributed by atoms with Crippen molar-refractivity contribution in [3.63, 3.8) is 0 Å². The summed E-state index contributed by atoms with van der Waals surface area (Å²) in [6, 6.07) is 30.3. The zero-order valence-corrected chi connectivity index (χ0v) is 24.7. The summed E-state index contributed by atoms with van der Waals surface area (Å²) in [6.07, 6.45) is 1.07. The van der Waals surface area contributed by atoms with Crippen LogP contribution in [0.4, 0.5) is 0 Å². The fraction of sp³-hybridized carbons (Fsp3) is 0.212. The van der Waals surface area contributed by atoms with Crippen molar-refractivity contribution in [1.29, 1.82) is 0 Å². The summed E-state index contributed by atoms with van der Waals surface area (Å²) >= 11 is 0. The van der Waals surface area contributed by atoms with Crippen LogP contribution in [0, 0.1) is 6.92 Å². The lowest BCUT2D eigenvalue weighted by Crippen LogP contribution is -2.47. The Balaban J connectivity index is 1.36. The Bertz CT molecular complexity index is 1590. The summed E-state index contributed by atoms with van der Waals surface area (Å²) in [4.78, 5) is 31.8. The Kier molecular flexibility index (Phi) is 10.1. The molecule has 9 heteroatoms. The molecule has 2 N–H and O–H groups in total. The molecule has 0 heterocycles. The molecule has 0 saturated heterocycles. The van der Waals surface area contributed by atoms with Crippen molar-refractivity contribution in [2.24, 2.45) is 0 Å². The van der Waals surface area contributed by atoms with E-state index in [1.165, 1.54) is 17.0 Å². The van der Waals surface area contributed by atoms with Crippen LogP contribution in [0.15, 0.2) is 108 Å². The van der Waals surface area contributed by atoms with Crippen molar-refractivity contribution in [1.82, 2.24) is 15.1 Å². The molecule has 4 rings (SSSR count). The maximum Gasteiger partial charge on any atom is 0.252 e. The van der Waals surface area contributed by atoms with Crippen LogP contribution in [0.2, 0.25) is 0 Å². The molecular weight excluding hydrogens is 550 g/mol. The van der Waals surface area contributed by atoms with Crippen molar-refractivity contribution < 1.29 is 22.8 Å². The zero-order chi connectivity index (χ0) is 30.1. The highest BCUT2D eigenvalue weighted by Crippen LogP contribution is 2.22. The predicted octanol–water partition coefficient (Wildman–Crippen LogP) is 4.68. The standard InChI is InChI=1S/C33H35N3O5S/c1-24-9-20-30(21-10-24)42(39,40)35-31(33(38)36(2)3)23-26-13-18-28(19-14-26)27-16-11-25(12-17-27)15-22-32(37)34-41-29-7-5-4-6-8-29/h4-14,16-21,31,35H,15,22-23H2,1-3H3,(H,34,37). The highest BCUT2D eigenvalue weighted by Gasteiger charge is 2.27. The first kappa shape index (κ1) is 30.5. The molecule has 0 aliphatic rings. The number of benzene rings is 4. The fourth-order valence-electron chi connectivity index (χ4n) is 4.31. The molecule has 1 unspecified atom stereocenters. The summed E-state index contributed by atoms with van der Waals surface area (Å²) in [7, 11) is -0.677. The van der Waals surface area contributed by atoms with Crippen molar-refractivity contribution in [3.05, 3.63) is 120 Å². The Labute approximate surface area is 247 Å². The number of amides is 2. The van der Waals surface area contributed by atoms with Crippen LogP contribution in [0.3, 0.4) is 0 Å². The van der Waals surface area contributed by atoms with Gasteiger partial charge in [0.2, 0.25) is 15.9 Å². The third-order valence-electron chi connectivity index (χ3n) is 6.72. The molecule has 0 aromatic heterocycles. The lowest BCUT2D eigenvalue weighted by molar-refractivity contribution is -0.130. The summed E-state index contributed by atoms with van der Waals surface area (Å²) in [5.41, 5.74) is 7.24. The predicted molar refractivity (Wildman–Crippen MR) is 163 cm³/mol. The number of carbonyl (C=O) groups excluding carboxylic acids is 2. The van der Waals surface area contributed by atoms with E-state index in [4.69, 9.17) is 4.84 Å². The zero-order valence-electron chi connectivity index (χ0n) is 23.9. The smallest absolute Gasteiger partial charge is 0.252 e. The molecule has 0 spiro atoms. The Morgan fingerprint density at radius 1 is 0.786 bits per heavy atom. The van der Waals surface area contributed by atoms with E-state index in [0.717, 1.165) is 27.8 Å². The minimum atomic E-state index is -3.89. The summed E-state index contributed by atoms with van der Waals surface area (Å²) in [6.45, 7) is 1.88. The van der Waals surface area contributed by atoms with E-state index in [-0.39, 0.29) is 23.1 Å². The monoisotopic (exact) mass is 585 g/mol. The van der Waals surface area contributed by atoms with Crippen LogP contribution in [0.25, 0.3) is 11.1 Å². The second kappa shape index (κ2) is 13.9. The normalized spacial score (nSPS) is 11.9. The molecule has 4 aromatic rings. The molecule has 0 saturated carbocycles. The number of likely N-dealkylation sites (N-methyl/N-ethyl adjacent to an activating group) is 1. The van der Waals surface area contributed by atoms with E-state index in [1.54, 1.807) is 38.4 Å². The number of carbonyl (C=O) groups is 2. The summed E-state index contributed by atoms with van der Waals surface area (Å²) in [5.74, 6) is 0.0426. The van der Waals surface area contributed by atoms with Gasteiger partial charge in [-0.25, -0.2) is 8.42 Å². The minimum absolute atomic E-state index is 0.115. The average molecular weight is 586 g/mol. The van der Waals surface area contributed by atoms with Crippen molar-refractivity contribution >= 4 is 21.8 Å². The summed E-state index contributed by atoms with van der Waals surface area (Å²) < 4.78 is 28.6. The Morgan fingerprint density at radius 3 is 1.93 bits per heavy atom. The van der Waals surface area contributed by atoms with Crippen molar-refractivity contribution in [2.75, 3.05) is 14.1 Å². The third kappa shape index (κ3) is 8.52. The molecule has 4 aromatic carbocycles. The molecule has 0 bridgehead atoms. The maximum absolute atomic E-state index is 13.0. The largest absolute Gasteiger partial charge is 0.380 e. The van der Waals surface area contributed by atoms with Gasteiger partial charge in [-0.3, -0.25) is 9.59 Å². The van der Waals surface area contributed by atoms with E-state index in [1.807, 2.05) is 73.7 Å². The SMILES string of the molecule is Cc1ccc(S(=O)(=O)NC(Cc2ccc(-c3ccc(CCC(=O)NOc4ccccc4)cc3)cc2)C(=O)N(C)C)cc1. The Morgan fingerprint density at radius 2 is 1.36 bits per heavy atom. The van der Waals surface area contributed by atoms with Gasteiger partial charge in [-0.1, -0.05) is 84.4 Å². The molecule has 42 heavy (non-hydrogen) atoms. The van der Waals surface area contributed by atoms with Gasteiger partial charge in [0.1, 0.15) is 6.04 Å². The molecule has 218 valence electrons. The number of para-hydroxylation sites is 1. The van der Waals surface area contributed by atoms with Crippen molar-refractivity contribution in [2.45, 2.75) is 37.1 Å². The highest BCUT2D eigenvalue weighted by molar-refractivity contribution is 7.89. The van der Waals surface area contributed by atoms with Gasteiger partial charge in [0, 0.05) is 20.5 Å². The van der Waals surface area contributed by atoms with Crippen LogP contribution in [-0.4, -0.2) is 45.3 Å². The van der Waals surface area contributed by atoms with Gasteiger partial charge in [0.25, 0.3) is 5.91 Å². The maximum atomic E-state index is 13.0. The number of sulfonamides is 1. The van der Waals surface area contributed by atoms with Gasteiger partial charge in [0.05, 0.1) is 4.90 Å². The van der Waals surface area contributed by atoms with Crippen LogP contribution in [0.1, 0.15) is 23.1 Å². The quantitative estimate of drug-likeness (QED) is 0.235. The molecular formula is C33H35N3O5S. The molecule has 1 atom stereocenters. The molecule has 0 aliphatic carbocycles. The Hall–Kier alpha value is -4.47. The third-order valence-corrected chi connectivity index (χ3v) is 8.20. The van der Waals surface area contributed by atoms with Gasteiger partial charge in [-0.2, -0.15) is 10.2 Å². The van der Waals surface area contributed by atoms with E-state index in [0.29, 0.717) is 18.6 Å². The number of rotatable bonds is 12. The van der Waals surface area contributed by atoms with E-state index >= 15 is 0 Å². The fourth-order valence-corrected chi connectivity index (χ4v) is 5.50. The van der Waals surface area contributed by atoms with E-state index in [9.17, 15) is 18.0 Å². The molecule has 0 radical (unpaired) electrons. The minimum Gasteiger partial charge on any atom is -0.380 e. The van der Waals surface area contributed by atoms with Crippen molar-refractivity contribution in [3.8, 4) is 16.9 Å². The van der Waals surface area contributed by atoms with Gasteiger partial charge in [-0.15, -0.1) is 0 Å². The van der Waals surface area contributed by atoms with E-state index in [2.05, 4.69) is 10.2 Å². The highest BCUT2D eigenvalue weighted by atomic mass is 32.2. The number of hydrogen-bond acceptors (Lipinski definition) is 5. The lowest BCUT2D eigenvalue weighted by Gasteiger charge is -2.22. The first-order chi connectivity index (χ1) is 20.1. The molecule has 8 nitrogen and oxygen atoms in total. The van der Waals surface area contributed by atoms with Gasteiger partial charge in [-0.05, 0) is 66.3 Å². The molecule has 0 aliphatic heterocycles. The number of hydroxylamine groups is 1. The average Bonchev–Trinajstić information content (AvgIpc) is 2.99. The molecule has 2 amide bonds. The summed E-state index contributed by atoms with van der Waals surface area (Å²) in [5, 5.41) is 0. The van der Waals surface area contributed by atoms with E-state index < -0.39 is 16.1 Å². The topological polar surface area (TPSA) is 105 Å². The first-order valence-electron chi connectivity index (χ1n) is 13.6. The van der Waals surface area contributed by atoms with Crippen LogP contribution < -0.4 is 15.0 Å².